The first-order chi connectivity index (χ1) is 17.1. The second-order valence-electron chi connectivity index (χ2n) is 9.36. The molecule has 0 amide bonds. The molecule has 6 nitrogen and oxygen atoms in total. The highest BCUT2D eigenvalue weighted by molar-refractivity contribution is 6.33. The van der Waals surface area contributed by atoms with E-state index in [1.165, 1.54) is 5.01 Å². The standard InChI is InChI=1S/C26H32ClF3N4O2/c1-5-21-17(4)25(26(28,29)30)32-34(21)18-7-9-19(10-8-18)36-23-11-12-33(15-16(23)3)22-13-24(35-6-2)31-14-20(22)27/h7-10,13-14,16-17,21,23H,5-6,11-12,15H2,1-4H3/t16?,17?,21-,23+/m0/s1. The number of aromatic nitrogens is 1. The van der Waals surface area contributed by atoms with Crippen molar-refractivity contribution >= 4 is 28.7 Å². The van der Waals surface area contributed by atoms with Crippen LogP contribution < -0.4 is 19.4 Å². The van der Waals surface area contributed by atoms with Gasteiger partial charge in [-0.2, -0.15) is 18.3 Å². The summed E-state index contributed by atoms with van der Waals surface area (Å²) in [5, 5.41) is 6.01. The first kappa shape index (κ1) is 26.4. The number of halogens is 4. The fraction of sp³-hybridized carbons (Fsp3) is 0.538. The number of piperidine rings is 1. The van der Waals surface area contributed by atoms with E-state index in [1.807, 2.05) is 19.9 Å². The molecule has 3 heterocycles. The van der Waals surface area contributed by atoms with Gasteiger partial charge in [0, 0.05) is 37.4 Å². The van der Waals surface area contributed by atoms with Crippen LogP contribution in [-0.2, 0) is 0 Å². The largest absolute Gasteiger partial charge is 0.490 e. The van der Waals surface area contributed by atoms with Crippen molar-refractivity contribution in [3.8, 4) is 11.6 Å². The molecule has 1 fully saturated rings. The predicted molar refractivity (Wildman–Crippen MR) is 136 cm³/mol. The number of hydrazone groups is 1. The SMILES string of the molecule is CCOc1cc(N2CC[C@@H](Oc3ccc(N4N=C(C(F)(F)F)C(C)[C@@H]4CC)cc3)C(C)C2)c(Cl)cn1. The van der Waals surface area contributed by atoms with Gasteiger partial charge >= 0.3 is 6.18 Å². The zero-order chi connectivity index (χ0) is 26.0. The monoisotopic (exact) mass is 524 g/mol. The number of hydrogen-bond acceptors (Lipinski definition) is 6. The molecule has 0 radical (unpaired) electrons. The summed E-state index contributed by atoms with van der Waals surface area (Å²) in [5.41, 5.74) is 0.799. The summed E-state index contributed by atoms with van der Waals surface area (Å²) in [5.74, 6) is 0.772. The van der Waals surface area contributed by atoms with Gasteiger partial charge in [-0.15, -0.1) is 0 Å². The molecular formula is C26H32ClF3N4O2. The van der Waals surface area contributed by atoms with Crippen molar-refractivity contribution in [2.75, 3.05) is 29.6 Å². The molecule has 2 aliphatic heterocycles. The van der Waals surface area contributed by atoms with Gasteiger partial charge in [-0.1, -0.05) is 32.4 Å². The maximum absolute atomic E-state index is 13.4. The Morgan fingerprint density at radius 1 is 1.14 bits per heavy atom. The zero-order valence-corrected chi connectivity index (χ0v) is 21.7. The summed E-state index contributed by atoms with van der Waals surface area (Å²) in [4.78, 5) is 6.42. The minimum absolute atomic E-state index is 0.00382. The number of anilines is 2. The lowest BCUT2D eigenvalue weighted by Gasteiger charge is -2.38. The molecule has 2 unspecified atom stereocenters. The predicted octanol–water partition coefficient (Wildman–Crippen LogP) is 6.58. The van der Waals surface area contributed by atoms with E-state index in [4.69, 9.17) is 21.1 Å². The quantitative estimate of drug-likeness (QED) is 0.409. The molecule has 10 heteroatoms. The number of rotatable bonds is 7. The van der Waals surface area contributed by atoms with Gasteiger partial charge in [0.15, 0.2) is 0 Å². The summed E-state index contributed by atoms with van der Waals surface area (Å²) in [6.07, 6.45) is -1.45. The fourth-order valence-electron chi connectivity index (χ4n) is 5.01. The van der Waals surface area contributed by atoms with Crippen molar-refractivity contribution in [2.45, 2.75) is 58.9 Å². The van der Waals surface area contributed by atoms with Crippen LogP contribution in [0, 0.1) is 11.8 Å². The minimum atomic E-state index is -4.43. The van der Waals surface area contributed by atoms with Crippen molar-refractivity contribution in [3.05, 3.63) is 41.6 Å². The Bertz CT molecular complexity index is 1080. The summed E-state index contributed by atoms with van der Waals surface area (Å²) < 4.78 is 52.0. The van der Waals surface area contributed by atoms with Gasteiger partial charge in [0.25, 0.3) is 0 Å². The van der Waals surface area contributed by atoms with Gasteiger partial charge in [-0.25, -0.2) is 4.98 Å². The molecular weight excluding hydrogens is 493 g/mol. The molecule has 0 saturated carbocycles. The fourth-order valence-corrected chi connectivity index (χ4v) is 5.24. The molecule has 0 spiro atoms. The van der Waals surface area contributed by atoms with Gasteiger partial charge in [-0.3, -0.25) is 5.01 Å². The van der Waals surface area contributed by atoms with Crippen LogP contribution in [0.15, 0.2) is 41.6 Å². The molecule has 4 atom stereocenters. The lowest BCUT2D eigenvalue weighted by molar-refractivity contribution is -0.0620. The molecule has 1 aromatic carbocycles. The second kappa shape index (κ2) is 10.7. The smallest absolute Gasteiger partial charge is 0.431 e. The highest BCUT2D eigenvalue weighted by Gasteiger charge is 2.47. The van der Waals surface area contributed by atoms with Crippen LogP contribution in [0.5, 0.6) is 11.6 Å². The van der Waals surface area contributed by atoms with E-state index >= 15 is 0 Å². The van der Waals surface area contributed by atoms with E-state index < -0.39 is 17.8 Å². The molecule has 0 bridgehead atoms. The third-order valence-electron chi connectivity index (χ3n) is 6.91. The van der Waals surface area contributed by atoms with Crippen molar-refractivity contribution in [1.29, 1.82) is 0 Å². The number of benzene rings is 1. The van der Waals surface area contributed by atoms with Crippen LogP contribution in [0.2, 0.25) is 5.02 Å². The highest BCUT2D eigenvalue weighted by atomic mass is 35.5. The Balaban J connectivity index is 1.41. The number of hydrogen-bond donors (Lipinski definition) is 0. The lowest BCUT2D eigenvalue weighted by Crippen LogP contribution is -2.44. The van der Waals surface area contributed by atoms with Crippen LogP contribution in [0.3, 0.4) is 0 Å². The van der Waals surface area contributed by atoms with Gasteiger partial charge in [0.1, 0.15) is 17.6 Å². The first-order valence-electron chi connectivity index (χ1n) is 12.4. The number of pyridine rings is 1. The molecule has 0 N–H and O–H groups in total. The Morgan fingerprint density at radius 3 is 2.47 bits per heavy atom. The van der Waals surface area contributed by atoms with Crippen molar-refractivity contribution in [2.24, 2.45) is 16.9 Å². The van der Waals surface area contributed by atoms with Gasteiger partial charge in [0.2, 0.25) is 5.88 Å². The molecule has 0 aliphatic carbocycles. The summed E-state index contributed by atoms with van der Waals surface area (Å²) in [6.45, 7) is 9.57. The third-order valence-corrected chi connectivity index (χ3v) is 7.20. The van der Waals surface area contributed by atoms with Crippen molar-refractivity contribution in [1.82, 2.24) is 4.98 Å². The molecule has 2 aromatic rings. The van der Waals surface area contributed by atoms with Crippen LogP contribution in [0.4, 0.5) is 24.5 Å². The molecule has 2 aliphatic rings. The van der Waals surface area contributed by atoms with Gasteiger partial charge in [0.05, 0.1) is 35.2 Å². The van der Waals surface area contributed by atoms with Crippen LogP contribution in [0.25, 0.3) is 0 Å². The maximum Gasteiger partial charge on any atom is 0.431 e. The van der Waals surface area contributed by atoms with E-state index in [-0.39, 0.29) is 18.1 Å². The van der Waals surface area contributed by atoms with Crippen LogP contribution >= 0.6 is 11.6 Å². The topological polar surface area (TPSA) is 50.2 Å². The number of nitrogens with zero attached hydrogens (tertiary/aromatic N) is 4. The molecule has 1 saturated heterocycles. The number of alkyl halides is 3. The van der Waals surface area contributed by atoms with Gasteiger partial charge in [-0.05, 0) is 37.6 Å². The summed E-state index contributed by atoms with van der Waals surface area (Å²) in [7, 11) is 0. The number of ether oxygens (including phenoxy) is 2. The third kappa shape index (κ3) is 5.51. The van der Waals surface area contributed by atoms with Crippen molar-refractivity contribution in [3.63, 3.8) is 0 Å². The second-order valence-corrected chi connectivity index (χ2v) is 9.77. The Kier molecular flexibility index (Phi) is 7.87. The van der Waals surface area contributed by atoms with Crippen LogP contribution in [-0.4, -0.2) is 48.7 Å². The normalized spacial score (nSPS) is 24.6. The average molecular weight is 525 g/mol. The average Bonchev–Trinajstić information content (AvgIpc) is 3.19. The highest BCUT2D eigenvalue weighted by Crippen LogP contribution is 2.37. The Morgan fingerprint density at radius 2 is 1.86 bits per heavy atom. The molecule has 36 heavy (non-hydrogen) atoms. The Hall–Kier alpha value is -2.68. The van der Waals surface area contributed by atoms with Crippen molar-refractivity contribution < 1.29 is 22.6 Å². The van der Waals surface area contributed by atoms with E-state index in [0.29, 0.717) is 35.4 Å². The Labute approximate surface area is 215 Å². The molecule has 1 aromatic heterocycles. The maximum atomic E-state index is 13.4. The van der Waals surface area contributed by atoms with E-state index in [1.54, 1.807) is 37.4 Å². The van der Waals surface area contributed by atoms with E-state index in [2.05, 4.69) is 21.9 Å². The molecule has 4 rings (SSSR count). The lowest BCUT2D eigenvalue weighted by atomic mass is 9.95. The van der Waals surface area contributed by atoms with E-state index in [0.717, 1.165) is 25.2 Å². The summed E-state index contributed by atoms with van der Waals surface area (Å²) >= 11 is 6.41. The van der Waals surface area contributed by atoms with Gasteiger partial charge < -0.3 is 14.4 Å². The minimum Gasteiger partial charge on any atom is -0.490 e. The van der Waals surface area contributed by atoms with Crippen LogP contribution in [0.1, 0.15) is 40.5 Å². The summed E-state index contributed by atoms with van der Waals surface area (Å²) in [6, 6.07) is 8.70. The zero-order valence-electron chi connectivity index (χ0n) is 20.9. The van der Waals surface area contributed by atoms with E-state index in [9.17, 15) is 13.2 Å². The first-order valence-corrected chi connectivity index (χ1v) is 12.7. The molecule has 196 valence electrons.